The van der Waals surface area contributed by atoms with Crippen molar-refractivity contribution in [2.75, 3.05) is 13.2 Å². The van der Waals surface area contributed by atoms with Crippen LogP contribution in [0, 0.1) is 13.8 Å². The van der Waals surface area contributed by atoms with Crippen molar-refractivity contribution in [1.82, 2.24) is 14.9 Å². The van der Waals surface area contributed by atoms with Gasteiger partial charge in [0, 0.05) is 24.5 Å². The first-order chi connectivity index (χ1) is 17.0. The van der Waals surface area contributed by atoms with Crippen LogP contribution >= 0.6 is 11.6 Å². The number of hydrogen-bond acceptors (Lipinski definition) is 3. The Bertz CT molecular complexity index is 1300. The topological polar surface area (TPSA) is 56.1 Å². The van der Waals surface area contributed by atoms with Crippen LogP contribution in [0.2, 0.25) is 5.02 Å². The van der Waals surface area contributed by atoms with Crippen molar-refractivity contribution < 1.29 is 9.53 Å². The van der Waals surface area contributed by atoms with Crippen LogP contribution in [0.15, 0.2) is 66.7 Å². The summed E-state index contributed by atoms with van der Waals surface area (Å²) in [4.78, 5) is 17.2. The van der Waals surface area contributed by atoms with Crippen LogP contribution in [0.1, 0.15) is 35.4 Å². The summed E-state index contributed by atoms with van der Waals surface area (Å²) in [5, 5.41) is 3.63. The Balaban J connectivity index is 1.31. The highest BCUT2D eigenvalue weighted by Crippen LogP contribution is 2.20. The van der Waals surface area contributed by atoms with E-state index in [-0.39, 0.29) is 12.3 Å². The van der Waals surface area contributed by atoms with Gasteiger partial charge >= 0.3 is 0 Å². The van der Waals surface area contributed by atoms with Gasteiger partial charge in [-0.1, -0.05) is 54.1 Å². The van der Waals surface area contributed by atoms with E-state index in [0.29, 0.717) is 24.6 Å². The molecule has 0 fully saturated rings. The normalized spacial score (nSPS) is 11.1. The molecule has 0 aliphatic heterocycles. The number of carbonyl (C=O) groups is 1. The van der Waals surface area contributed by atoms with Crippen molar-refractivity contribution in [1.29, 1.82) is 0 Å². The number of unbranched alkanes of at least 4 members (excludes halogenated alkanes) is 1. The molecule has 1 N–H and O–H groups in total. The zero-order chi connectivity index (χ0) is 24.6. The van der Waals surface area contributed by atoms with E-state index >= 15 is 0 Å². The number of ether oxygens (including phenoxy) is 1. The molecule has 182 valence electrons. The number of amides is 1. The number of nitrogens with zero attached hydrogens (tertiary/aromatic N) is 2. The van der Waals surface area contributed by atoms with Crippen LogP contribution in [0.3, 0.4) is 0 Å². The number of hydrogen-bond donors (Lipinski definition) is 1. The fourth-order valence-electron chi connectivity index (χ4n) is 4.17. The quantitative estimate of drug-likeness (QED) is 0.260. The second kappa shape index (κ2) is 11.9. The van der Waals surface area contributed by atoms with Crippen molar-refractivity contribution in [2.24, 2.45) is 0 Å². The third kappa shape index (κ3) is 6.64. The largest absolute Gasteiger partial charge is 0.493 e. The Kier molecular flexibility index (Phi) is 8.43. The maximum absolute atomic E-state index is 12.4. The number of halogens is 1. The van der Waals surface area contributed by atoms with Gasteiger partial charge in [-0.3, -0.25) is 4.79 Å². The SMILES string of the molecule is Cc1ccc(C)c(OCCCCn2c(CCNC(=O)Cc3ccccc3Cl)nc3ccccc32)c1. The van der Waals surface area contributed by atoms with Crippen molar-refractivity contribution in [2.45, 2.75) is 46.1 Å². The Morgan fingerprint density at radius 3 is 2.69 bits per heavy atom. The average Bonchev–Trinajstić information content (AvgIpc) is 3.20. The van der Waals surface area contributed by atoms with E-state index in [4.69, 9.17) is 21.3 Å². The van der Waals surface area contributed by atoms with Gasteiger partial charge in [0.1, 0.15) is 11.6 Å². The molecule has 0 atom stereocenters. The molecule has 3 aromatic carbocycles. The predicted molar refractivity (Wildman–Crippen MR) is 142 cm³/mol. The Morgan fingerprint density at radius 2 is 1.83 bits per heavy atom. The van der Waals surface area contributed by atoms with Gasteiger partial charge in [0.15, 0.2) is 0 Å². The van der Waals surface area contributed by atoms with Crippen LogP contribution in [0.4, 0.5) is 0 Å². The van der Waals surface area contributed by atoms with E-state index in [9.17, 15) is 4.79 Å². The van der Waals surface area contributed by atoms with Gasteiger partial charge in [-0.15, -0.1) is 0 Å². The molecule has 1 amide bonds. The molecule has 0 bridgehead atoms. The summed E-state index contributed by atoms with van der Waals surface area (Å²) in [5.74, 6) is 1.91. The molecule has 0 saturated carbocycles. The van der Waals surface area contributed by atoms with Crippen molar-refractivity contribution in [3.05, 3.63) is 94.3 Å². The van der Waals surface area contributed by atoms with Gasteiger partial charge in [-0.05, 0) is 67.6 Å². The minimum absolute atomic E-state index is 0.0376. The van der Waals surface area contributed by atoms with Gasteiger partial charge in [0.05, 0.1) is 24.1 Å². The second-order valence-corrected chi connectivity index (χ2v) is 9.27. The molecule has 0 aliphatic rings. The molecule has 0 saturated heterocycles. The molecule has 0 spiro atoms. The number of carbonyl (C=O) groups excluding carboxylic acids is 1. The number of imidazole rings is 1. The van der Waals surface area contributed by atoms with Crippen molar-refractivity contribution >= 4 is 28.5 Å². The van der Waals surface area contributed by atoms with Gasteiger partial charge in [-0.25, -0.2) is 4.98 Å². The van der Waals surface area contributed by atoms with Crippen LogP contribution in [0.25, 0.3) is 11.0 Å². The molecule has 0 radical (unpaired) electrons. The molecule has 5 nitrogen and oxygen atoms in total. The van der Waals surface area contributed by atoms with Gasteiger partial charge in [0.25, 0.3) is 0 Å². The lowest BCUT2D eigenvalue weighted by Crippen LogP contribution is -2.28. The summed E-state index contributed by atoms with van der Waals surface area (Å²) < 4.78 is 8.29. The summed E-state index contributed by atoms with van der Waals surface area (Å²) in [6.45, 7) is 6.23. The lowest BCUT2D eigenvalue weighted by molar-refractivity contribution is -0.120. The molecule has 6 heteroatoms. The van der Waals surface area contributed by atoms with Gasteiger partial charge < -0.3 is 14.6 Å². The molecular formula is C29H32ClN3O2. The van der Waals surface area contributed by atoms with Crippen LogP contribution in [0.5, 0.6) is 5.75 Å². The van der Waals surface area contributed by atoms with Gasteiger partial charge in [-0.2, -0.15) is 0 Å². The fourth-order valence-corrected chi connectivity index (χ4v) is 4.38. The zero-order valence-corrected chi connectivity index (χ0v) is 21.1. The highest BCUT2D eigenvalue weighted by atomic mass is 35.5. The number of nitrogens with one attached hydrogen (secondary N) is 1. The van der Waals surface area contributed by atoms with Crippen molar-refractivity contribution in [3.63, 3.8) is 0 Å². The third-order valence-electron chi connectivity index (χ3n) is 6.09. The number of benzene rings is 3. The molecular weight excluding hydrogens is 458 g/mol. The van der Waals surface area contributed by atoms with E-state index in [1.807, 2.05) is 36.4 Å². The zero-order valence-electron chi connectivity index (χ0n) is 20.4. The Labute approximate surface area is 212 Å². The van der Waals surface area contributed by atoms with Crippen molar-refractivity contribution in [3.8, 4) is 5.75 Å². The summed E-state index contributed by atoms with van der Waals surface area (Å²) in [5.41, 5.74) is 5.31. The first-order valence-corrected chi connectivity index (χ1v) is 12.5. The summed E-state index contributed by atoms with van der Waals surface area (Å²) in [7, 11) is 0. The maximum atomic E-state index is 12.4. The highest BCUT2D eigenvalue weighted by Gasteiger charge is 2.12. The molecule has 1 heterocycles. The average molecular weight is 490 g/mol. The molecule has 0 unspecified atom stereocenters. The lowest BCUT2D eigenvalue weighted by Gasteiger charge is -2.12. The standard InChI is InChI=1S/C29H32ClN3O2/c1-21-13-14-22(2)27(19-21)35-18-8-7-17-33-26-12-6-5-11-25(26)32-28(33)15-16-31-29(34)20-23-9-3-4-10-24(23)30/h3-6,9-14,19H,7-8,15-18,20H2,1-2H3,(H,31,34). The first kappa shape index (κ1) is 24.8. The Hall–Kier alpha value is -3.31. The smallest absolute Gasteiger partial charge is 0.224 e. The number of aryl methyl sites for hydroxylation is 3. The first-order valence-electron chi connectivity index (χ1n) is 12.2. The molecule has 4 aromatic rings. The third-order valence-corrected chi connectivity index (χ3v) is 6.46. The minimum atomic E-state index is -0.0376. The van der Waals surface area contributed by atoms with E-state index in [1.54, 1.807) is 6.07 Å². The number of para-hydroxylation sites is 2. The fraction of sp³-hybridized carbons (Fsp3) is 0.310. The summed E-state index contributed by atoms with van der Waals surface area (Å²) >= 11 is 6.18. The van der Waals surface area contributed by atoms with E-state index in [2.05, 4.69) is 48.0 Å². The van der Waals surface area contributed by atoms with E-state index in [0.717, 1.165) is 53.1 Å². The second-order valence-electron chi connectivity index (χ2n) is 8.86. The summed E-state index contributed by atoms with van der Waals surface area (Å²) in [6.07, 6.45) is 2.88. The monoisotopic (exact) mass is 489 g/mol. The number of aromatic nitrogens is 2. The molecule has 1 aromatic heterocycles. The Morgan fingerprint density at radius 1 is 1.03 bits per heavy atom. The van der Waals surface area contributed by atoms with Crippen LogP contribution < -0.4 is 10.1 Å². The number of rotatable bonds is 11. The molecule has 35 heavy (non-hydrogen) atoms. The summed E-state index contributed by atoms with van der Waals surface area (Å²) in [6, 6.07) is 21.9. The number of fused-ring (bicyclic) bond motifs is 1. The molecule has 4 rings (SSSR count). The maximum Gasteiger partial charge on any atom is 0.224 e. The van der Waals surface area contributed by atoms with E-state index in [1.165, 1.54) is 5.56 Å². The lowest BCUT2D eigenvalue weighted by atomic mass is 10.1. The highest BCUT2D eigenvalue weighted by molar-refractivity contribution is 6.31. The predicted octanol–water partition coefficient (Wildman–Crippen LogP) is 6.07. The van der Waals surface area contributed by atoms with Crippen LogP contribution in [-0.4, -0.2) is 28.6 Å². The van der Waals surface area contributed by atoms with E-state index < -0.39 is 0 Å². The van der Waals surface area contributed by atoms with Crippen LogP contribution in [-0.2, 0) is 24.2 Å². The molecule has 0 aliphatic carbocycles. The van der Waals surface area contributed by atoms with Gasteiger partial charge in [0.2, 0.25) is 5.91 Å². The minimum Gasteiger partial charge on any atom is -0.493 e.